The lowest BCUT2D eigenvalue weighted by Gasteiger charge is -2.18. The lowest BCUT2D eigenvalue weighted by atomic mass is 10.1. The van der Waals surface area contributed by atoms with Crippen molar-refractivity contribution in [3.63, 3.8) is 0 Å². The van der Waals surface area contributed by atoms with E-state index in [4.69, 9.17) is 14.2 Å². The maximum Gasteiger partial charge on any atom is 0.351 e. The summed E-state index contributed by atoms with van der Waals surface area (Å²) in [5, 5.41) is 3.88. The van der Waals surface area contributed by atoms with Crippen LogP contribution >= 0.6 is 15.9 Å². The van der Waals surface area contributed by atoms with Crippen LogP contribution in [0.4, 0.5) is 4.39 Å². The van der Waals surface area contributed by atoms with Crippen molar-refractivity contribution in [3.05, 3.63) is 33.8 Å². The van der Waals surface area contributed by atoms with Crippen LogP contribution in [0.2, 0.25) is 0 Å². The molecule has 13 heteroatoms. The summed E-state index contributed by atoms with van der Waals surface area (Å²) in [5.41, 5.74) is -0.823. The van der Waals surface area contributed by atoms with Gasteiger partial charge in [-0.05, 0) is 15.9 Å². The van der Waals surface area contributed by atoms with Gasteiger partial charge in [0.2, 0.25) is 0 Å². The van der Waals surface area contributed by atoms with Gasteiger partial charge in [-0.3, -0.25) is 14.2 Å². The van der Waals surface area contributed by atoms with Crippen molar-refractivity contribution in [2.24, 2.45) is 0 Å². The first-order valence-corrected chi connectivity index (χ1v) is 8.81. The third kappa shape index (κ3) is 4.09. The lowest BCUT2D eigenvalue weighted by Crippen LogP contribution is -2.37. The third-order valence-electron chi connectivity index (χ3n) is 3.82. The summed E-state index contributed by atoms with van der Waals surface area (Å²) < 4.78 is 32.8. The Kier molecular flexibility index (Phi) is 5.84. The molecule has 0 radical (unpaired) electrons. The average Bonchev–Trinajstić information content (AvgIpc) is 3.24. The van der Waals surface area contributed by atoms with Gasteiger partial charge in [-0.2, -0.15) is 10.1 Å². The molecule has 1 aliphatic heterocycles. The van der Waals surface area contributed by atoms with Gasteiger partial charge >= 0.3 is 17.6 Å². The summed E-state index contributed by atoms with van der Waals surface area (Å²) in [6.07, 6.45) is -1.90. The molecule has 0 N–H and O–H groups in total. The van der Waals surface area contributed by atoms with E-state index in [9.17, 15) is 18.8 Å². The number of ether oxygens (including phenoxy) is 3. The van der Waals surface area contributed by atoms with Crippen molar-refractivity contribution in [2.75, 3.05) is 6.61 Å². The Balaban J connectivity index is 1.92. The zero-order valence-corrected chi connectivity index (χ0v) is 16.3. The zero-order valence-electron chi connectivity index (χ0n) is 14.7. The van der Waals surface area contributed by atoms with Crippen molar-refractivity contribution >= 4 is 27.9 Å². The predicted octanol–water partition coefficient (Wildman–Crippen LogP) is 0.317. The van der Waals surface area contributed by atoms with Crippen LogP contribution in [0, 0.1) is 0 Å². The second-order valence-electron chi connectivity index (χ2n) is 5.83. The van der Waals surface area contributed by atoms with E-state index < -0.39 is 42.2 Å². The van der Waals surface area contributed by atoms with Crippen molar-refractivity contribution < 1.29 is 28.2 Å². The Hall–Kier alpha value is -2.67. The van der Waals surface area contributed by atoms with Crippen molar-refractivity contribution in [3.8, 4) is 5.82 Å². The van der Waals surface area contributed by atoms with Gasteiger partial charge in [-0.1, -0.05) is 0 Å². The number of alkyl halides is 1. The fourth-order valence-corrected chi connectivity index (χ4v) is 3.17. The fourth-order valence-electron chi connectivity index (χ4n) is 2.68. The number of rotatable bonds is 5. The van der Waals surface area contributed by atoms with Gasteiger partial charge in [-0.25, -0.2) is 18.9 Å². The molecule has 2 unspecified atom stereocenters. The van der Waals surface area contributed by atoms with E-state index in [-0.39, 0.29) is 12.4 Å². The van der Waals surface area contributed by atoms with Gasteiger partial charge in [0.25, 0.3) is 0 Å². The normalized spacial score (nSPS) is 24.1. The van der Waals surface area contributed by atoms with Crippen LogP contribution < -0.4 is 5.69 Å². The molecule has 1 fully saturated rings. The minimum Gasteiger partial charge on any atom is -0.463 e. The average molecular weight is 460 g/mol. The van der Waals surface area contributed by atoms with Gasteiger partial charge in [0.05, 0.1) is 4.47 Å². The first kappa shape index (κ1) is 20.1. The molecular weight excluding hydrogens is 445 g/mol. The first-order valence-electron chi connectivity index (χ1n) is 8.01. The van der Waals surface area contributed by atoms with E-state index in [1.165, 1.54) is 30.5 Å². The number of carbonyl (C=O) groups excluding carboxylic acids is 2. The Morgan fingerprint density at radius 2 is 2.11 bits per heavy atom. The second kappa shape index (κ2) is 8.14. The summed E-state index contributed by atoms with van der Waals surface area (Å²) in [5.74, 6) is -1.19. The molecule has 4 atom stereocenters. The number of halogens is 2. The van der Waals surface area contributed by atoms with E-state index >= 15 is 0 Å². The first-order chi connectivity index (χ1) is 13.3. The van der Waals surface area contributed by atoms with Crippen LogP contribution in [-0.4, -0.2) is 61.2 Å². The smallest absolute Gasteiger partial charge is 0.351 e. The van der Waals surface area contributed by atoms with E-state index in [0.717, 1.165) is 11.5 Å². The molecule has 0 spiro atoms. The molecule has 0 saturated carbocycles. The van der Waals surface area contributed by atoms with E-state index in [1.807, 2.05) is 0 Å². The van der Waals surface area contributed by atoms with Crippen molar-refractivity contribution in [2.45, 2.75) is 38.5 Å². The van der Waals surface area contributed by atoms with Crippen LogP contribution in [-0.2, 0) is 23.8 Å². The highest BCUT2D eigenvalue weighted by atomic mass is 79.9. The highest BCUT2D eigenvalue weighted by Gasteiger charge is 2.49. The minimum atomic E-state index is -1.90. The van der Waals surface area contributed by atoms with Crippen LogP contribution in [0.5, 0.6) is 0 Å². The van der Waals surface area contributed by atoms with Gasteiger partial charge in [0.1, 0.15) is 25.4 Å². The van der Waals surface area contributed by atoms with Crippen molar-refractivity contribution in [1.29, 1.82) is 0 Å². The number of aromatic nitrogens is 5. The molecule has 0 bridgehead atoms. The summed E-state index contributed by atoms with van der Waals surface area (Å²) >= 11 is 3.25. The molecule has 28 heavy (non-hydrogen) atoms. The number of esters is 2. The molecule has 2 aromatic heterocycles. The van der Waals surface area contributed by atoms with Crippen LogP contribution in [0.25, 0.3) is 5.82 Å². The molecule has 0 aromatic carbocycles. The second-order valence-corrected chi connectivity index (χ2v) is 6.68. The van der Waals surface area contributed by atoms with Crippen LogP contribution in [0.1, 0.15) is 20.1 Å². The molecule has 1 saturated heterocycles. The van der Waals surface area contributed by atoms with Gasteiger partial charge < -0.3 is 14.2 Å². The fraction of sp³-hybridized carbons (Fsp3) is 0.467. The Morgan fingerprint density at radius 3 is 2.71 bits per heavy atom. The number of hydrogen-bond acceptors (Lipinski definition) is 9. The number of nitrogens with zero attached hydrogens (tertiary/aromatic N) is 5. The topological polar surface area (TPSA) is 127 Å². The maximum atomic E-state index is 15.0. The van der Waals surface area contributed by atoms with Gasteiger partial charge in [0.15, 0.2) is 24.3 Å². The SMILES string of the molecule is CC(=O)OC[C@H]1O[C@@H](n2cc(Br)c(-n3cncn3)nc2=O)C(F)C1OC(C)=O. The zero-order chi connectivity index (χ0) is 20.4. The van der Waals surface area contributed by atoms with Crippen molar-refractivity contribution in [1.82, 2.24) is 24.3 Å². The summed E-state index contributed by atoms with van der Waals surface area (Å²) in [6, 6.07) is 0. The number of carbonyl (C=O) groups is 2. The molecule has 11 nitrogen and oxygen atoms in total. The molecule has 3 rings (SSSR count). The van der Waals surface area contributed by atoms with E-state index in [2.05, 4.69) is 31.0 Å². The molecule has 3 heterocycles. The third-order valence-corrected chi connectivity index (χ3v) is 4.38. The Labute approximate surface area is 165 Å². The van der Waals surface area contributed by atoms with E-state index in [0.29, 0.717) is 4.47 Å². The van der Waals surface area contributed by atoms with Gasteiger partial charge in [-0.15, -0.1) is 0 Å². The molecular formula is C15H15BrFN5O6. The minimum absolute atomic E-state index is 0.153. The molecule has 2 aromatic rings. The number of hydrogen-bond donors (Lipinski definition) is 0. The lowest BCUT2D eigenvalue weighted by molar-refractivity contribution is -0.156. The largest absolute Gasteiger partial charge is 0.463 e. The highest BCUT2D eigenvalue weighted by molar-refractivity contribution is 9.10. The highest BCUT2D eigenvalue weighted by Crippen LogP contribution is 2.34. The molecule has 0 aliphatic carbocycles. The predicted molar refractivity (Wildman–Crippen MR) is 92.1 cm³/mol. The standard InChI is InChI=1S/C15H15BrFN5O6/c1-7(23)26-4-10-12(27-8(2)24)11(17)14(28-10)21-3-9(16)13(20-15(21)25)22-6-18-5-19-22/h3,5-6,10-12,14H,4H2,1-2H3/t10-,11?,12?,14-/m1/s1. The van der Waals surface area contributed by atoms with E-state index in [1.54, 1.807) is 0 Å². The summed E-state index contributed by atoms with van der Waals surface area (Å²) in [7, 11) is 0. The molecule has 150 valence electrons. The monoisotopic (exact) mass is 459 g/mol. The molecule has 0 amide bonds. The Bertz CT molecular complexity index is 935. The molecule has 1 aliphatic rings. The van der Waals surface area contributed by atoms with Crippen LogP contribution in [0.15, 0.2) is 28.1 Å². The summed E-state index contributed by atoms with van der Waals surface area (Å²) in [6.45, 7) is 1.94. The Morgan fingerprint density at radius 1 is 1.36 bits per heavy atom. The maximum absolute atomic E-state index is 15.0. The summed E-state index contributed by atoms with van der Waals surface area (Å²) in [4.78, 5) is 42.4. The van der Waals surface area contributed by atoms with Crippen LogP contribution in [0.3, 0.4) is 0 Å². The van der Waals surface area contributed by atoms with Gasteiger partial charge in [0, 0.05) is 20.0 Å². The quantitative estimate of drug-likeness (QED) is 0.580.